The van der Waals surface area contributed by atoms with Crippen LogP contribution in [0.3, 0.4) is 0 Å². The molecule has 0 aromatic carbocycles. The number of aromatic nitrogens is 2. The molecule has 2 aromatic rings. The highest BCUT2D eigenvalue weighted by Crippen LogP contribution is 2.12. The summed E-state index contributed by atoms with van der Waals surface area (Å²) in [4.78, 5) is 8.33. The lowest BCUT2D eigenvalue weighted by Crippen LogP contribution is -1.90. The topological polar surface area (TPSA) is 51.8 Å². The molecule has 0 atom stereocenters. The van der Waals surface area contributed by atoms with Crippen molar-refractivity contribution >= 4 is 16.7 Å². The third-order valence-corrected chi connectivity index (χ3v) is 1.73. The van der Waals surface area contributed by atoms with Gasteiger partial charge >= 0.3 is 0 Å². The Morgan fingerprint density at radius 1 is 1.33 bits per heavy atom. The van der Waals surface area contributed by atoms with Gasteiger partial charge in [0.15, 0.2) is 0 Å². The minimum Gasteiger partial charge on any atom is -0.384 e. The summed E-state index contributed by atoms with van der Waals surface area (Å²) in [7, 11) is 0. The van der Waals surface area contributed by atoms with E-state index in [1.54, 1.807) is 12.3 Å². The SMILES string of the molecule is Cc1cc2nc(N)ccc2cn1. The van der Waals surface area contributed by atoms with Crippen molar-refractivity contribution in [2.45, 2.75) is 6.92 Å². The van der Waals surface area contributed by atoms with Gasteiger partial charge in [-0.15, -0.1) is 0 Å². The van der Waals surface area contributed by atoms with Gasteiger partial charge in [0.05, 0.1) is 5.52 Å². The molecule has 60 valence electrons. The number of nitrogens with two attached hydrogens (primary N) is 1. The first-order valence-corrected chi connectivity index (χ1v) is 3.74. The van der Waals surface area contributed by atoms with E-state index in [-0.39, 0.29) is 0 Å². The Labute approximate surface area is 70.3 Å². The van der Waals surface area contributed by atoms with Crippen molar-refractivity contribution < 1.29 is 0 Å². The van der Waals surface area contributed by atoms with Crippen molar-refractivity contribution in [3.05, 3.63) is 30.1 Å². The Morgan fingerprint density at radius 3 is 3.00 bits per heavy atom. The largest absolute Gasteiger partial charge is 0.384 e. The number of anilines is 1. The number of nitrogens with zero attached hydrogens (tertiary/aromatic N) is 2. The van der Waals surface area contributed by atoms with E-state index >= 15 is 0 Å². The molecular weight excluding hydrogens is 150 g/mol. The van der Waals surface area contributed by atoms with Gasteiger partial charge in [0, 0.05) is 17.3 Å². The van der Waals surface area contributed by atoms with E-state index in [9.17, 15) is 0 Å². The number of hydrogen-bond donors (Lipinski definition) is 1. The Morgan fingerprint density at radius 2 is 2.17 bits per heavy atom. The molecule has 0 saturated heterocycles. The van der Waals surface area contributed by atoms with E-state index in [0.717, 1.165) is 16.6 Å². The zero-order valence-corrected chi connectivity index (χ0v) is 6.78. The second kappa shape index (κ2) is 2.44. The van der Waals surface area contributed by atoms with Gasteiger partial charge in [0.2, 0.25) is 0 Å². The number of fused-ring (bicyclic) bond motifs is 1. The van der Waals surface area contributed by atoms with Crippen LogP contribution in [0.2, 0.25) is 0 Å². The average molecular weight is 159 g/mol. The first-order chi connectivity index (χ1) is 5.75. The molecule has 0 aliphatic carbocycles. The Bertz CT molecular complexity index is 386. The van der Waals surface area contributed by atoms with Crippen molar-refractivity contribution in [2.24, 2.45) is 0 Å². The lowest BCUT2D eigenvalue weighted by molar-refractivity contribution is 1.21. The van der Waals surface area contributed by atoms with Crippen LogP contribution in [0.15, 0.2) is 24.4 Å². The van der Waals surface area contributed by atoms with E-state index < -0.39 is 0 Å². The molecule has 0 spiro atoms. The standard InChI is InChI=1S/C9H9N3/c1-6-4-8-7(5-11-6)2-3-9(10)12-8/h2-5H,1H3,(H2,10,12). The summed E-state index contributed by atoms with van der Waals surface area (Å²) in [5.41, 5.74) is 7.41. The number of hydrogen-bond acceptors (Lipinski definition) is 3. The highest BCUT2D eigenvalue weighted by atomic mass is 14.8. The van der Waals surface area contributed by atoms with Gasteiger partial charge in [-0.1, -0.05) is 0 Å². The van der Waals surface area contributed by atoms with Gasteiger partial charge in [0.25, 0.3) is 0 Å². The van der Waals surface area contributed by atoms with Crippen LogP contribution >= 0.6 is 0 Å². The highest BCUT2D eigenvalue weighted by Gasteiger charge is 1.95. The van der Waals surface area contributed by atoms with Gasteiger partial charge in [-0.25, -0.2) is 4.98 Å². The molecule has 0 bridgehead atoms. The average Bonchev–Trinajstić information content (AvgIpc) is 2.03. The summed E-state index contributed by atoms with van der Waals surface area (Å²) in [6.07, 6.45) is 1.80. The number of nitrogen functional groups attached to an aromatic ring is 1. The van der Waals surface area contributed by atoms with E-state index in [1.165, 1.54) is 0 Å². The summed E-state index contributed by atoms with van der Waals surface area (Å²) >= 11 is 0. The van der Waals surface area contributed by atoms with E-state index in [1.807, 2.05) is 19.1 Å². The number of aryl methyl sites for hydroxylation is 1. The maximum Gasteiger partial charge on any atom is 0.124 e. The summed E-state index contributed by atoms with van der Waals surface area (Å²) in [6, 6.07) is 5.62. The van der Waals surface area contributed by atoms with Crippen LogP contribution in [-0.2, 0) is 0 Å². The second-order valence-electron chi connectivity index (χ2n) is 2.75. The minimum atomic E-state index is 0.549. The van der Waals surface area contributed by atoms with Crippen LogP contribution in [-0.4, -0.2) is 9.97 Å². The third kappa shape index (κ3) is 1.09. The molecule has 2 N–H and O–H groups in total. The lowest BCUT2D eigenvalue weighted by Gasteiger charge is -1.98. The van der Waals surface area contributed by atoms with E-state index in [4.69, 9.17) is 5.73 Å². The van der Waals surface area contributed by atoms with E-state index in [2.05, 4.69) is 9.97 Å². The van der Waals surface area contributed by atoms with Crippen LogP contribution in [0.4, 0.5) is 5.82 Å². The second-order valence-corrected chi connectivity index (χ2v) is 2.75. The van der Waals surface area contributed by atoms with Gasteiger partial charge in [0.1, 0.15) is 5.82 Å². The highest BCUT2D eigenvalue weighted by molar-refractivity contribution is 5.79. The summed E-state index contributed by atoms with van der Waals surface area (Å²) in [6.45, 7) is 1.93. The molecule has 2 rings (SSSR count). The van der Waals surface area contributed by atoms with Gasteiger partial charge in [-0.2, -0.15) is 0 Å². The van der Waals surface area contributed by atoms with Crippen LogP contribution in [0.5, 0.6) is 0 Å². The van der Waals surface area contributed by atoms with Crippen LogP contribution in [0.25, 0.3) is 10.9 Å². The molecule has 0 aliphatic heterocycles. The monoisotopic (exact) mass is 159 g/mol. The molecule has 0 fully saturated rings. The molecule has 2 heterocycles. The Hall–Kier alpha value is -1.64. The smallest absolute Gasteiger partial charge is 0.124 e. The zero-order chi connectivity index (χ0) is 8.55. The van der Waals surface area contributed by atoms with Crippen LogP contribution in [0, 0.1) is 6.92 Å². The van der Waals surface area contributed by atoms with Crippen molar-refractivity contribution in [3.8, 4) is 0 Å². The van der Waals surface area contributed by atoms with Crippen LogP contribution < -0.4 is 5.73 Å². The fourth-order valence-corrected chi connectivity index (χ4v) is 1.13. The molecule has 2 aromatic heterocycles. The Balaban J connectivity index is 2.80. The summed E-state index contributed by atoms with van der Waals surface area (Å²) in [5.74, 6) is 0.549. The first-order valence-electron chi connectivity index (χ1n) is 3.74. The molecule has 3 heteroatoms. The zero-order valence-electron chi connectivity index (χ0n) is 6.78. The van der Waals surface area contributed by atoms with Crippen molar-refractivity contribution in [1.29, 1.82) is 0 Å². The van der Waals surface area contributed by atoms with Crippen molar-refractivity contribution in [2.75, 3.05) is 5.73 Å². The molecule has 12 heavy (non-hydrogen) atoms. The lowest BCUT2D eigenvalue weighted by atomic mass is 10.2. The summed E-state index contributed by atoms with van der Waals surface area (Å²) < 4.78 is 0. The molecule has 0 unspecified atom stereocenters. The molecule has 0 saturated carbocycles. The van der Waals surface area contributed by atoms with Crippen LogP contribution in [0.1, 0.15) is 5.69 Å². The Kier molecular flexibility index (Phi) is 1.43. The number of rotatable bonds is 0. The maximum atomic E-state index is 5.54. The first kappa shape index (κ1) is 7.03. The van der Waals surface area contributed by atoms with Gasteiger partial charge in [-0.3, -0.25) is 4.98 Å². The quantitative estimate of drug-likeness (QED) is 0.634. The number of pyridine rings is 2. The third-order valence-electron chi connectivity index (χ3n) is 1.73. The predicted octanol–water partition coefficient (Wildman–Crippen LogP) is 1.52. The van der Waals surface area contributed by atoms with Gasteiger partial charge < -0.3 is 5.73 Å². The van der Waals surface area contributed by atoms with Crippen molar-refractivity contribution in [1.82, 2.24) is 9.97 Å². The molecular formula is C9H9N3. The maximum absolute atomic E-state index is 5.54. The van der Waals surface area contributed by atoms with Gasteiger partial charge in [-0.05, 0) is 25.1 Å². The molecule has 3 nitrogen and oxygen atoms in total. The molecule has 0 radical (unpaired) electrons. The van der Waals surface area contributed by atoms with Crippen molar-refractivity contribution in [3.63, 3.8) is 0 Å². The summed E-state index contributed by atoms with van der Waals surface area (Å²) in [5, 5.41) is 1.02. The predicted molar refractivity (Wildman–Crippen MR) is 48.7 cm³/mol. The fraction of sp³-hybridized carbons (Fsp3) is 0.111. The van der Waals surface area contributed by atoms with E-state index in [0.29, 0.717) is 5.82 Å². The molecule has 0 amide bonds. The fourth-order valence-electron chi connectivity index (χ4n) is 1.13. The minimum absolute atomic E-state index is 0.549. The molecule has 0 aliphatic rings. The normalized spacial score (nSPS) is 10.4.